The molecular weight excluding hydrogens is 636 g/mol. The van der Waals surface area contributed by atoms with Crippen molar-refractivity contribution in [3.8, 4) is 11.5 Å². The number of amides is 5. The summed E-state index contributed by atoms with van der Waals surface area (Å²) < 4.78 is 11.3. The first kappa shape index (κ1) is 37.6. The van der Waals surface area contributed by atoms with Crippen LogP contribution in [0.2, 0.25) is 0 Å². The zero-order chi connectivity index (χ0) is 36.6. The molecule has 5 amide bonds. The standard InChI is InChI=1S/C39H48N4O7/c1-8-39(5,6)27-16-19-29(20-17-27)50-22-12-15-32(44)40-28-18-21-31(49-7)30(23-28)41-36(47)34(35(46)38(2,3)4)43-33(45)25-42(37(43)48)24-26-13-10-9-11-14-26/h9-11,13-14,16-21,23,34H,8,12,15,22,24-25H2,1-7H3,(H,40,44)(H,41,47). The molecule has 1 aliphatic rings. The smallest absolute Gasteiger partial charge is 0.328 e. The number of nitrogens with zero attached hydrogens (tertiary/aromatic N) is 2. The van der Waals surface area contributed by atoms with Crippen molar-refractivity contribution in [2.75, 3.05) is 30.9 Å². The highest BCUT2D eigenvalue weighted by molar-refractivity contribution is 6.19. The Morgan fingerprint density at radius 1 is 0.900 bits per heavy atom. The maximum absolute atomic E-state index is 13.9. The second kappa shape index (κ2) is 16.0. The summed E-state index contributed by atoms with van der Waals surface area (Å²) in [6.45, 7) is 11.6. The van der Waals surface area contributed by atoms with Gasteiger partial charge in [-0.2, -0.15) is 0 Å². The molecule has 4 rings (SSSR count). The Morgan fingerprint density at radius 3 is 2.20 bits per heavy atom. The molecule has 1 unspecified atom stereocenters. The summed E-state index contributed by atoms with van der Waals surface area (Å²) in [6.07, 6.45) is 1.69. The van der Waals surface area contributed by atoms with Crippen LogP contribution in [0.15, 0.2) is 72.8 Å². The van der Waals surface area contributed by atoms with Gasteiger partial charge in [-0.1, -0.05) is 84.0 Å². The number of ketones is 1. The van der Waals surface area contributed by atoms with Crippen LogP contribution in [-0.2, 0) is 31.1 Å². The first-order valence-electron chi connectivity index (χ1n) is 16.9. The van der Waals surface area contributed by atoms with Crippen LogP contribution in [0.4, 0.5) is 16.2 Å². The van der Waals surface area contributed by atoms with Crippen molar-refractivity contribution in [1.29, 1.82) is 0 Å². The van der Waals surface area contributed by atoms with E-state index < -0.39 is 35.1 Å². The molecule has 11 heteroatoms. The molecule has 11 nitrogen and oxygen atoms in total. The molecule has 1 heterocycles. The molecule has 0 spiro atoms. The van der Waals surface area contributed by atoms with Gasteiger partial charge < -0.3 is 25.0 Å². The average Bonchev–Trinajstić information content (AvgIpc) is 3.35. The van der Waals surface area contributed by atoms with E-state index in [1.54, 1.807) is 32.9 Å². The molecule has 0 bridgehead atoms. The topological polar surface area (TPSA) is 134 Å². The fourth-order valence-corrected chi connectivity index (χ4v) is 5.45. The molecule has 3 aromatic carbocycles. The van der Waals surface area contributed by atoms with E-state index in [2.05, 4.69) is 43.5 Å². The van der Waals surface area contributed by atoms with Crippen molar-refractivity contribution in [3.63, 3.8) is 0 Å². The number of imide groups is 1. The molecule has 0 saturated carbocycles. The summed E-state index contributed by atoms with van der Waals surface area (Å²) in [7, 11) is 1.41. The lowest BCUT2D eigenvalue weighted by Crippen LogP contribution is -2.55. The van der Waals surface area contributed by atoms with E-state index in [0.717, 1.165) is 22.6 Å². The van der Waals surface area contributed by atoms with Gasteiger partial charge in [-0.15, -0.1) is 0 Å². The van der Waals surface area contributed by atoms with Crippen molar-refractivity contribution in [2.24, 2.45) is 5.41 Å². The first-order chi connectivity index (χ1) is 23.6. The van der Waals surface area contributed by atoms with E-state index in [9.17, 15) is 24.0 Å². The van der Waals surface area contributed by atoms with Gasteiger partial charge in [-0.25, -0.2) is 9.69 Å². The second-order valence-electron chi connectivity index (χ2n) is 14.1. The molecule has 50 heavy (non-hydrogen) atoms. The third-order valence-corrected chi connectivity index (χ3v) is 8.86. The zero-order valence-electron chi connectivity index (χ0n) is 30.0. The van der Waals surface area contributed by atoms with E-state index in [1.807, 2.05) is 42.5 Å². The Bertz CT molecular complexity index is 1700. The van der Waals surface area contributed by atoms with Crippen LogP contribution >= 0.6 is 0 Å². The minimum Gasteiger partial charge on any atom is -0.495 e. The zero-order valence-corrected chi connectivity index (χ0v) is 30.0. The van der Waals surface area contributed by atoms with Crippen LogP contribution in [-0.4, -0.2) is 65.6 Å². The van der Waals surface area contributed by atoms with E-state index in [4.69, 9.17) is 9.47 Å². The Morgan fingerprint density at radius 2 is 1.58 bits per heavy atom. The van der Waals surface area contributed by atoms with Crippen molar-refractivity contribution in [2.45, 2.75) is 78.8 Å². The molecule has 0 radical (unpaired) electrons. The third kappa shape index (κ3) is 9.28. The van der Waals surface area contributed by atoms with Gasteiger partial charge in [0.15, 0.2) is 11.8 Å². The molecule has 0 aliphatic carbocycles. The van der Waals surface area contributed by atoms with Crippen molar-refractivity contribution >= 4 is 40.9 Å². The molecule has 3 aromatic rings. The predicted octanol–water partition coefficient (Wildman–Crippen LogP) is 6.57. The van der Waals surface area contributed by atoms with Gasteiger partial charge in [-0.3, -0.25) is 19.2 Å². The molecule has 1 saturated heterocycles. The summed E-state index contributed by atoms with van der Waals surface area (Å²) in [4.78, 5) is 69.1. The van der Waals surface area contributed by atoms with Crippen LogP contribution in [0.25, 0.3) is 0 Å². The van der Waals surface area contributed by atoms with Crippen LogP contribution < -0.4 is 20.1 Å². The van der Waals surface area contributed by atoms with E-state index in [1.165, 1.54) is 23.6 Å². The highest BCUT2D eigenvalue weighted by Crippen LogP contribution is 2.31. The Balaban J connectivity index is 1.42. The van der Waals surface area contributed by atoms with Crippen LogP contribution in [0, 0.1) is 5.41 Å². The van der Waals surface area contributed by atoms with Gasteiger partial charge in [0.2, 0.25) is 5.91 Å². The fourth-order valence-electron chi connectivity index (χ4n) is 5.45. The number of benzene rings is 3. The summed E-state index contributed by atoms with van der Waals surface area (Å²) >= 11 is 0. The van der Waals surface area contributed by atoms with Crippen LogP contribution in [0.5, 0.6) is 11.5 Å². The van der Waals surface area contributed by atoms with Crippen molar-refractivity contribution in [3.05, 3.63) is 83.9 Å². The SMILES string of the molecule is CCC(C)(C)c1ccc(OCCCC(=O)Nc2ccc(OC)c(NC(=O)C(C(=O)C(C)(C)C)N3C(=O)CN(Cc4ccccc4)C3=O)c2)cc1. The van der Waals surface area contributed by atoms with Gasteiger partial charge in [0.1, 0.15) is 18.0 Å². The maximum atomic E-state index is 13.9. The number of carbonyl (C=O) groups is 5. The average molecular weight is 685 g/mol. The lowest BCUT2D eigenvalue weighted by molar-refractivity contribution is -0.143. The van der Waals surface area contributed by atoms with E-state index in [-0.39, 0.29) is 42.3 Å². The highest BCUT2D eigenvalue weighted by Gasteiger charge is 2.49. The van der Waals surface area contributed by atoms with Crippen LogP contribution in [0.1, 0.15) is 71.9 Å². The van der Waals surface area contributed by atoms with Crippen molar-refractivity contribution in [1.82, 2.24) is 9.80 Å². The minimum absolute atomic E-state index is 0.0862. The summed E-state index contributed by atoms with van der Waals surface area (Å²) in [5, 5.41) is 5.49. The molecule has 1 atom stereocenters. The molecule has 0 aromatic heterocycles. The van der Waals surface area contributed by atoms with Gasteiger partial charge in [0.05, 0.1) is 19.4 Å². The summed E-state index contributed by atoms with van der Waals surface area (Å²) in [5.74, 6) is -1.41. The number of carbonyl (C=O) groups excluding carboxylic acids is 5. The monoisotopic (exact) mass is 684 g/mol. The lowest BCUT2D eigenvalue weighted by atomic mass is 9.82. The summed E-state index contributed by atoms with van der Waals surface area (Å²) in [6, 6.07) is 19.4. The fraction of sp³-hybridized carbons (Fsp3) is 0.410. The Labute approximate surface area is 294 Å². The normalized spacial score (nSPS) is 14.0. The first-order valence-corrected chi connectivity index (χ1v) is 16.9. The summed E-state index contributed by atoms with van der Waals surface area (Å²) in [5.41, 5.74) is 1.59. The molecule has 2 N–H and O–H groups in total. The number of anilines is 2. The van der Waals surface area contributed by atoms with Gasteiger partial charge in [0, 0.05) is 24.1 Å². The number of nitrogens with one attached hydrogen (secondary N) is 2. The Hall–Kier alpha value is -5.19. The Kier molecular flexibility index (Phi) is 12.1. The van der Waals surface area contributed by atoms with Gasteiger partial charge >= 0.3 is 6.03 Å². The lowest BCUT2D eigenvalue weighted by Gasteiger charge is -2.29. The third-order valence-electron chi connectivity index (χ3n) is 8.86. The predicted molar refractivity (Wildman–Crippen MR) is 192 cm³/mol. The number of hydrogen-bond donors (Lipinski definition) is 2. The van der Waals surface area contributed by atoms with Crippen LogP contribution in [0.3, 0.4) is 0 Å². The minimum atomic E-state index is -1.73. The second-order valence-corrected chi connectivity index (χ2v) is 14.1. The number of ether oxygens (including phenoxy) is 2. The number of hydrogen-bond acceptors (Lipinski definition) is 7. The number of methoxy groups -OCH3 is 1. The number of urea groups is 1. The number of Topliss-reactive ketones (excluding diaryl/α,β-unsaturated/α-hetero) is 1. The van der Waals surface area contributed by atoms with Gasteiger partial charge in [0.25, 0.3) is 11.8 Å². The molecule has 1 fully saturated rings. The highest BCUT2D eigenvalue weighted by atomic mass is 16.5. The van der Waals surface area contributed by atoms with E-state index in [0.29, 0.717) is 18.7 Å². The quantitative estimate of drug-likeness (QED) is 0.105. The molecule has 266 valence electrons. The number of rotatable bonds is 15. The molecular formula is C39H48N4O7. The van der Waals surface area contributed by atoms with Gasteiger partial charge in [-0.05, 0) is 59.7 Å². The van der Waals surface area contributed by atoms with E-state index >= 15 is 0 Å². The van der Waals surface area contributed by atoms with Crippen molar-refractivity contribution < 1.29 is 33.4 Å². The molecule has 1 aliphatic heterocycles. The largest absolute Gasteiger partial charge is 0.495 e. The maximum Gasteiger partial charge on any atom is 0.328 e.